The van der Waals surface area contributed by atoms with Crippen LogP contribution in [0, 0.1) is 0 Å². The maximum absolute atomic E-state index is 11.5. The summed E-state index contributed by atoms with van der Waals surface area (Å²) in [6.45, 7) is 3.06. The van der Waals surface area contributed by atoms with Crippen molar-refractivity contribution < 1.29 is 4.79 Å². The summed E-state index contributed by atoms with van der Waals surface area (Å²) in [7, 11) is 0. The van der Waals surface area contributed by atoms with E-state index in [-0.39, 0.29) is 5.91 Å². The molecule has 0 saturated carbocycles. The third kappa shape index (κ3) is 3.14. The van der Waals surface area contributed by atoms with Gasteiger partial charge in [0.15, 0.2) is 0 Å². The van der Waals surface area contributed by atoms with E-state index in [1.165, 1.54) is 6.33 Å². The number of benzene rings is 1. The first-order chi connectivity index (χ1) is 8.79. The highest BCUT2D eigenvalue weighted by Gasteiger charge is 2.01. The fourth-order valence-electron chi connectivity index (χ4n) is 1.48. The highest BCUT2D eigenvalue weighted by atomic mass is 16.1. The lowest BCUT2D eigenvalue weighted by Gasteiger charge is -2.06. The van der Waals surface area contributed by atoms with Crippen molar-refractivity contribution in [3.8, 4) is 5.69 Å². The number of aromatic nitrogens is 3. The van der Waals surface area contributed by atoms with Gasteiger partial charge in [-0.25, -0.2) is 9.67 Å². The average Bonchev–Trinajstić information content (AvgIpc) is 2.91. The second-order valence-electron chi connectivity index (χ2n) is 3.72. The fraction of sp³-hybridized carbons (Fsp3) is 0.250. The highest BCUT2D eigenvalue weighted by Crippen LogP contribution is 2.11. The van der Waals surface area contributed by atoms with Crippen molar-refractivity contribution >= 4 is 11.6 Å². The van der Waals surface area contributed by atoms with E-state index in [1.807, 2.05) is 31.2 Å². The van der Waals surface area contributed by atoms with Gasteiger partial charge in [0.1, 0.15) is 12.7 Å². The van der Waals surface area contributed by atoms with Crippen molar-refractivity contribution in [2.45, 2.75) is 6.92 Å². The number of hydrogen-bond acceptors (Lipinski definition) is 4. The summed E-state index contributed by atoms with van der Waals surface area (Å²) in [5.41, 5.74) is 1.67. The Balaban J connectivity index is 1.98. The van der Waals surface area contributed by atoms with E-state index in [9.17, 15) is 4.79 Å². The number of anilines is 1. The number of carbonyl (C=O) groups excluding carboxylic acids is 1. The van der Waals surface area contributed by atoms with Crippen LogP contribution in [0.15, 0.2) is 36.9 Å². The zero-order chi connectivity index (χ0) is 12.8. The lowest BCUT2D eigenvalue weighted by Crippen LogP contribution is -2.27. The summed E-state index contributed by atoms with van der Waals surface area (Å²) in [5, 5.41) is 9.80. The van der Waals surface area contributed by atoms with Gasteiger partial charge in [0.2, 0.25) is 5.91 Å². The first-order valence-corrected chi connectivity index (χ1v) is 5.75. The molecule has 1 amide bonds. The van der Waals surface area contributed by atoms with Crippen LogP contribution in [0.2, 0.25) is 0 Å². The molecule has 6 nitrogen and oxygen atoms in total. The Morgan fingerprint density at radius 3 is 2.72 bits per heavy atom. The summed E-state index contributed by atoms with van der Waals surface area (Å²) in [5.74, 6) is -0.0506. The molecule has 1 heterocycles. The lowest BCUT2D eigenvalue weighted by molar-refractivity contribution is -0.115. The summed E-state index contributed by atoms with van der Waals surface area (Å²) in [6, 6.07) is 7.41. The monoisotopic (exact) mass is 245 g/mol. The Morgan fingerprint density at radius 2 is 2.11 bits per heavy atom. The molecule has 2 aromatic rings. The van der Waals surface area contributed by atoms with E-state index in [1.54, 1.807) is 11.0 Å². The van der Waals surface area contributed by atoms with Crippen LogP contribution in [-0.2, 0) is 4.79 Å². The molecule has 6 heteroatoms. The van der Waals surface area contributed by atoms with Crippen LogP contribution in [0.1, 0.15) is 6.92 Å². The van der Waals surface area contributed by atoms with Crippen molar-refractivity contribution in [1.82, 2.24) is 20.1 Å². The predicted octanol–water partition coefficient (Wildman–Crippen LogP) is 0.815. The number of amides is 1. The van der Waals surface area contributed by atoms with E-state index in [4.69, 9.17) is 0 Å². The number of likely N-dealkylation sites (N-methyl/N-ethyl adjacent to an activating group) is 1. The van der Waals surface area contributed by atoms with Gasteiger partial charge in [-0.1, -0.05) is 6.92 Å². The van der Waals surface area contributed by atoms with Crippen molar-refractivity contribution in [3.63, 3.8) is 0 Å². The van der Waals surface area contributed by atoms with Gasteiger partial charge in [0, 0.05) is 5.69 Å². The molecule has 0 radical (unpaired) electrons. The van der Waals surface area contributed by atoms with Crippen LogP contribution < -0.4 is 10.6 Å². The zero-order valence-electron chi connectivity index (χ0n) is 10.1. The molecule has 0 aliphatic carbocycles. The molecule has 0 bridgehead atoms. The second-order valence-corrected chi connectivity index (χ2v) is 3.72. The van der Waals surface area contributed by atoms with E-state index in [0.717, 1.165) is 17.9 Å². The van der Waals surface area contributed by atoms with Crippen LogP contribution in [0.4, 0.5) is 5.69 Å². The van der Waals surface area contributed by atoms with Crippen LogP contribution in [0.25, 0.3) is 5.69 Å². The average molecular weight is 245 g/mol. The van der Waals surface area contributed by atoms with E-state index < -0.39 is 0 Å². The molecule has 0 aliphatic heterocycles. The minimum atomic E-state index is -0.0506. The molecule has 0 spiro atoms. The quantitative estimate of drug-likeness (QED) is 0.818. The van der Waals surface area contributed by atoms with Crippen molar-refractivity contribution in [2.24, 2.45) is 0 Å². The summed E-state index contributed by atoms with van der Waals surface area (Å²) in [4.78, 5) is 15.4. The standard InChI is InChI=1S/C12H15N5O/c1-2-13-7-12(18)16-10-3-5-11(6-4-10)17-9-14-8-15-17/h3-6,8-9,13H,2,7H2,1H3,(H,16,18). The van der Waals surface area contributed by atoms with Gasteiger partial charge in [-0.3, -0.25) is 4.79 Å². The molecule has 0 unspecified atom stereocenters. The number of nitrogens with zero attached hydrogens (tertiary/aromatic N) is 3. The van der Waals surface area contributed by atoms with E-state index in [0.29, 0.717) is 6.54 Å². The van der Waals surface area contributed by atoms with Crippen LogP contribution in [0.5, 0.6) is 0 Å². The molecule has 2 N–H and O–H groups in total. The fourth-order valence-corrected chi connectivity index (χ4v) is 1.48. The molecule has 2 rings (SSSR count). The topological polar surface area (TPSA) is 71.8 Å². The lowest BCUT2D eigenvalue weighted by atomic mass is 10.3. The third-order valence-electron chi connectivity index (χ3n) is 2.37. The number of rotatable bonds is 5. The van der Waals surface area contributed by atoms with Gasteiger partial charge in [-0.05, 0) is 30.8 Å². The first-order valence-electron chi connectivity index (χ1n) is 5.75. The van der Waals surface area contributed by atoms with Gasteiger partial charge in [-0.2, -0.15) is 5.10 Å². The number of nitrogens with one attached hydrogen (secondary N) is 2. The van der Waals surface area contributed by atoms with Gasteiger partial charge in [0.05, 0.1) is 12.2 Å². The summed E-state index contributed by atoms with van der Waals surface area (Å²) >= 11 is 0. The molecule has 0 saturated heterocycles. The maximum Gasteiger partial charge on any atom is 0.238 e. The van der Waals surface area contributed by atoms with Crippen molar-refractivity contribution in [3.05, 3.63) is 36.9 Å². The molecule has 0 atom stereocenters. The molecular weight excluding hydrogens is 230 g/mol. The van der Waals surface area contributed by atoms with Crippen LogP contribution in [-0.4, -0.2) is 33.8 Å². The Bertz CT molecular complexity index is 492. The maximum atomic E-state index is 11.5. The molecule has 1 aromatic carbocycles. The predicted molar refractivity (Wildman–Crippen MR) is 68.5 cm³/mol. The Labute approximate surface area is 105 Å². The van der Waals surface area contributed by atoms with Crippen LogP contribution in [0.3, 0.4) is 0 Å². The van der Waals surface area contributed by atoms with Gasteiger partial charge < -0.3 is 10.6 Å². The number of carbonyl (C=O) groups is 1. The Morgan fingerprint density at radius 1 is 1.33 bits per heavy atom. The molecule has 1 aromatic heterocycles. The molecule has 18 heavy (non-hydrogen) atoms. The minimum Gasteiger partial charge on any atom is -0.325 e. The SMILES string of the molecule is CCNCC(=O)Nc1ccc(-n2cncn2)cc1. The van der Waals surface area contributed by atoms with Gasteiger partial charge >= 0.3 is 0 Å². The normalized spacial score (nSPS) is 10.3. The number of hydrogen-bond donors (Lipinski definition) is 2. The van der Waals surface area contributed by atoms with Crippen molar-refractivity contribution in [2.75, 3.05) is 18.4 Å². The smallest absolute Gasteiger partial charge is 0.238 e. The highest BCUT2D eigenvalue weighted by molar-refractivity contribution is 5.92. The Kier molecular flexibility index (Phi) is 4.03. The zero-order valence-corrected chi connectivity index (χ0v) is 10.1. The molecule has 0 aliphatic rings. The van der Waals surface area contributed by atoms with E-state index in [2.05, 4.69) is 20.7 Å². The van der Waals surface area contributed by atoms with Gasteiger partial charge in [0.25, 0.3) is 0 Å². The Hall–Kier alpha value is -2.21. The molecule has 0 fully saturated rings. The minimum absolute atomic E-state index is 0.0506. The summed E-state index contributed by atoms with van der Waals surface area (Å²) in [6.07, 6.45) is 3.10. The summed E-state index contributed by atoms with van der Waals surface area (Å²) < 4.78 is 1.66. The van der Waals surface area contributed by atoms with Gasteiger partial charge in [-0.15, -0.1) is 0 Å². The molecule has 94 valence electrons. The molecular formula is C12H15N5O. The third-order valence-corrected chi connectivity index (χ3v) is 2.37. The second kappa shape index (κ2) is 5.92. The van der Waals surface area contributed by atoms with E-state index >= 15 is 0 Å². The van der Waals surface area contributed by atoms with Crippen LogP contribution >= 0.6 is 0 Å². The van der Waals surface area contributed by atoms with Crippen molar-refractivity contribution in [1.29, 1.82) is 0 Å². The first kappa shape index (κ1) is 12.3. The largest absolute Gasteiger partial charge is 0.325 e.